The summed E-state index contributed by atoms with van der Waals surface area (Å²) < 4.78 is 5.47. The van der Waals surface area contributed by atoms with Crippen LogP contribution in [0.4, 0.5) is 0 Å². The van der Waals surface area contributed by atoms with E-state index in [-0.39, 0.29) is 0 Å². The summed E-state index contributed by atoms with van der Waals surface area (Å²) in [5.74, 6) is 2.02. The molecule has 3 atom stereocenters. The monoisotopic (exact) mass is 237 g/mol. The van der Waals surface area contributed by atoms with Crippen LogP contribution >= 0.6 is 0 Å². The second kappa shape index (κ2) is 4.89. The third-order valence-electron chi connectivity index (χ3n) is 5.22. The summed E-state index contributed by atoms with van der Waals surface area (Å²) in [4.78, 5) is 2.67. The molecule has 2 bridgehead atoms. The van der Waals surface area contributed by atoms with Gasteiger partial charge in [-0.15, -0.1) is 0 Å². The Morgan fingerprint density at radius 3 is 2.88 bits per heavy atom. The molecule has 1 saturated heterocycles. The van der Waals surface area contributed by atoms with Gasteiger partial charge < -0.3 is 4.74 Å². The molecule has 98 valence electrons. The normalized spacial score (nSPS) is 43.6. The number of rotatable bonds is 2. The number of nitrogens with zero attached hydrogens (tertiary/aromatic N) is 1. The molecule has 0 spiro atoms. The minimum Gasteiger partial charge on any atom is -0.379 e. The van der Waals surface area contributed by atoms with E-state index in [1.54, 1.807) is 0 Å². The lowest BCUT2D eigenvalue weighted by Crippen LogP contribution is -2.48. The SMILES string of the molecule is CC1CC2CCCC(CN3CCOCC3)(C1)C2. The van der Waals surface area contributed by atoms with Gasteiger partial charge in [-0.3, -0.25) is 4.90 Å². The maximum atomic E-state index is 5.47. The van der Waals surface area contributed by atoms with E-state index in [9.17, 15) is 0 Å². The maximum Gasteiger partial charge on any atom is 0.0594 e. The topological polar surface area (TPSA) is 12.5 Å². The van der Waals surface area contributed by atoms with Crippen molar-refractivity contribution in [2.75, 3.05) is 32.8 Å². The predicted molar refractivity (Wildman–Crippen MR) is 70.0 cm³/mol. The lowest BCUT2D eigenvalue weighted by atomic mass is 9.59. The first-order valence-corrected chi connectivity index (χ1v) is 7.56. The molecule has 3 unspecified atom stereocenters. The first-order chi connectivity index (χ1) is 8.26. The van der Waals surface area contributed by atoms with Crippen LogP contribution in [0.3, 0.4) is 0 Å². The fraction of sp³-hybridized carbons (Fsp3) is 1.00. The molecule has 2 nitrogen and oxygen atoms in total. The molecule has 2 heteroatoms. The smallest absolute Gasteiger partial charge is 0.0594 e. The van der Waals surface area contributed by atoms with Gasteiger partial charge in [0.15, 0.2) is 0 Å². The van der Waals surface area contributed by atoms with E-state index in [0.717, 1.165) is 25.0 Å². The Morgan fingerprint density at radius 2 is 2.06 bits per heavy atom. The van der Waals surface area contributed by atoms with Crippen LogP contribution < -0.4 is 0 Å². The van der Waals surface area contributed by atoms with E-state index >= 15 is 0 Å². The van der Waals surface area contributed by atoms with Crippen LogP contribution in [0.5, 0.6) is 0 Å². The molecule has 0 radical (unpaired) electrons. The van der Waals surface area contributed by atoms with E-state index in [0.29, 0.717) is 5.41 Å². The zero-order valence-electron chi connectivity index (χ0n) is 11.3. The minimum absolute atomic E-state index is 0.678. The van der Waals surface area contributed by atoms with E-state index in [1.165, 1.54) is 58.2 Å². The fourth-order valence-corrected chi connectivity index (χ4v) is 4.80. The largest absolute Gasteiger partial charge is 0.379 e. The van der Waals surface area contributed by atoms with Crippen molar-refractivity contribution in [2.45, 2.75) is 45.4 Å². The van der Waals surface area contributed by atoms with Gasteiger partial charge in [0.2, 0.25) is 0 Å². The van der Waals surface area contributed by atoms with Crippen LogP contribution in [-0.2, 0) is 4.74 Å². The molecule has 2 saturated carbocycles. The quantitative estimate of drug-likeness (QED) is 0.732. The molecule has 1 aliphatic heterocycles. The summed E-state index contributed by atoms with van der Waals surface area (Å²) in [6.07, 6.45) is 9.00. The molecule has 2 aliphatic carbocycles. The zero-order chi connectivity index (χ0) is 11.7. The Morgan fingerprint density at radius 1 is 1.24 bits per heavy atom. The van der Waals surface area contributed by atoms with Crippen molar-refractivity contribution in [3.05, 3.63) is 0 Å². The third-order valence-corrected chi connectivity index (χ3v) is 5.22. The van der Waals surface area contributed by atoms with Gasteiger partial charge in [0.05, 0.1) is 13.2 Å². The Kier molecular flexibility index (Phi) is 3.45. The number of hydrogen-bond acceptors (Lipinski definition) is 2. The van der Waals surface area contributed by atoms with Crippen molar-refractivity contribution >= 4 is 0 Å². The Bertz CT molecular complexity index is 258. The van der Waals surface area contributed by atoms with Gasteiger partial charge in [0.25, 0.3) is 0 Å². The van der Waals surface area contributed by atoms with Gasteiger partial charge >= 0.3 is 0 Å². The average Bonchev–Trinajstić information content (AvgIpc) is 2.28. The predicted octanol–water partition coefficient (Wildman–Crippen LogP) is 2.93. The van der Waals surface area contributed by atoms with Crippen LogP contribution in [-0.4, -0.2) is 37.7 Å². The molecule has 0 N–H and O–H groups in total. The molecule has 17 heavy (non-hydrogen) atoms. The Hall–Kier alpha value is -0.0800. The van der Waals surface area contributed by atoms with Crippen molar-refractivity contribution in [1.29, 1.82) is 0 Å². The van der Waals surface area contributed by atoms with Gasteiger partial charge in [0.1, 0.15) is 0 Å². The van der Waals surface area contributed by atoms with E-state index < -0.39 is 0 Å². The molecule has 3 aliphatic rings. The highest BCUT2D eigenvalue weighted by Gasteiger charge is 2.42. The van der Waals surface area contributed by atoms with Gasteiger partial charge in [-0.25, -0.2) is 0 Å². The molecule has 0 aromatic rings. The molecular formula is C15H27NO. The Balaban J connectivity index is 1.65. The molecule has 0 aromatic heterocycles. The second-order valence-electron chi connectivity index (χ2n) is 6.90. The molecule has 3 rings (SSSR count). The van der Waals surface area contributed by atoms with Crippen LogP contribution in [0.15, 0.2) is 0 Å². The van der Waals surface area contributed by atoms with Crippen molar-refractivity contribution in [3.8, 4) is 0 Å². The van der Waals surface area contributed by atoms with Crippen LogP contribution in [0.1, 0.15) is 45.4 Å². The van der Waals surface area contributed by atoms with Crippen molar-refractivity contribution in [3.63, 3.8) is 0 Å². The molecule has 0 aromatic carbocycles. The lowest BCUT2D eigenvalue weighted by Gasteiger charge is -2.50. The van der Waals surface area contributed by atoms with Gasteiger partial charge in [-0.2, -0.15) is 0 Å². The number of ether oxygens (including phenoxy) is 1. The summed E-state index contributed by atoms with van der Waals surface area (Å²) >= 11 is 0. The van der Waals surface area contributed by atoms with Crippen molar-refractivity contribution in [1.82, 2.24) is 4.90 Å². The van der Waals surface area contributed by atoms with E-state index in [4.69, 9.17) is 4.74 Å². The van der Waals surface area contributed by atoms with E-state index in [1.807, 2.05) is 0 Å². The highest BCUT2D eigenvalue weighted by Crippen LogP contribution is 2.51. The van der Waals surface area contributed by atoms with Crippen LogP contribution in [0.2, 0.25) is 0 Å². The highest BCUT2D eigenvalue weighted by atomic mass is 16.5. The lowest BCUT2D eigenvalue weighted by molar-refractivity contribution is -0.0248. The minimum atomic E-state index is 0.678. The zero-order valence-corrected chi connectivity index (χ0v) is 11.3. The van der Waals surface area contributed by atoms with Gasteiger partial charge in [0, 0.05) is 19.6 Å². The van der Waals surface area contributed by atoms with Crippen molar-refractivity contribution < 1.29 is 4.74 Å². The fourth-order valence-electron chi connectivity index (χ4n) is 4.80. The van der Waals surface area contributed by atoms with Crippen LogP contribution in [0, 0.1) is 17.3 Å². The average molecular weight is 237 g/mol. The van der Waals surface area contributed by atoms with Crippen LogP contribution in [0.25, 0.3) is 0 Å². The first-order valence-electron chi connectivity index (χ1n) is 7.56. The molecule has 0 amide bonds. The summed E-state index contributed by atoms with van der Waals surface area (Å²) in [7, 11) is 0. The first kappa shape index (κ1) is 12.0. The molecule has 3 fully saturated rings. The summed E-state index contributed by atoms with van der Waals surface area (Å²) in [6.45, 7) is 8.08. The van der Waals surface area contributed by atoms with Gasteiger partial charge in [-0.05, 0) is 42.9 Å². The second-order valence-corrected chi connectivity index (χ2v) is 6.90. The summed E-state index contributed by atoms with van der Waals surface area (Å²) in [6, 6.07) is 0. The molecule has 1 heterocycles. The maximum absolute atomic E-state index is 5.47. The number of fused-ring (bicyclic) bond motifs is 2. The summed E-state index contributed by atoms with van der Waals surface area (Å²) in [5, 5.41) is 0. The van der Waals surface area contributed by atoms with Crippen molar-refractivity contribution in [2.24, 2.45) is 17.3 Å². The summed E-state index contributed by atoms with van der Waals surface area (Å²) in [5.41, 5.74) is 0.678. The number of hydrogen-bond donors (Lipinski definition) is 0. The third kappa shape index (κ3) is 2.68. The van der Waals surface area contributed by atoms with E-state index in [2.05, 4.69) is 11.8 Å². The standard InChI is InChI=1S/C15H27NO/c1-13-9-14-3-2-4-15(10-13,11-14)12-16-5-7-17-8-6-16/h13-14H,2-12H2,1H3. The van der Waals surface area contributed by atoms with Gasteiger partial charge in [-0.1, -0.05) is 19.8 Å². The number of morpholine rings is 1. The Labute approximate surface area is 106 Å². The molecular weight excluding hydrogens is 210 g/mol. The highest BCUT2D eigenvalue weighted by molar-refractivity contribution is 4.94.